The number of hydrogen-bond donors (Lipinski definition) is 1. The van der Waals surface area contributed by atoms with Crippen LogP contribution in [0, 0.1) is 0 Å². The SMILES string of the molecule is CCCC1NC(=O)C(CC)N(Cc2cc(Br)cs2)C1=O. The smallest absolute Gasteiger partial charge is 0.246 e. The highest BCUT2D eigenvalue weighted by Gasteiger charge is 2.39. The van der Waals surface area contributed by atoms with Gasteiger partial charge in [-0.25, -0.2) is 0 Å². The molecule has 20 heavy (non-hydrogen) atoms. The van der Waals surface area contributed by atoms with E-state index >= 15 is 0 Å². The first kappa shape index (κ1) is 15.5. The fourth-order valence-corrected chi connectivity index (χ4v) is 3.96. The first-order valence-corrected chi connectivity index (χ1v) is 8.57. The summed E-state index contributed by atoms with van der Waals surface area (Å²) in [6.07, 6.45) is 2.22. The third kappa shape index (κ3) is 3.23. The van der Waals surface area contributed by atoms with Crippen molar-refractivity contribution >= 4 is 39.1 Å². The summed E-state index contributed by atoms with van der Waals surface area (Å²) >= 11 is 5.02. The lowest BCUT2D eigenvalue weighted by Crippen LogP contribution is -2.62. The fourth-order valence-electron chi connectivity index (χ4n) is 2.51. The van der Waals surface area contributed by atoms with Gasteiger partial charge >= 0.3 is 0 Å². The highest BCUT2D eigenvalue weighted by Crippen LogP contribution is 2.24. The molecular weight excluding hydrogens is 340 g/mol. The van der Waals surface area contributed by atoms with Crippen molar-refractivity contribution < 1.29 is 9.59 Å². The van der Waals surface area contributed by atoms with Gasteiger partial charge in [-0.2, -0.15) is 0 Å². The third-order valence-electron chi connectivity index (χ3n) is 3.49. The van der Waals surface area contributed by atoms with Crippen LogP contribution < -0.4 is 5.32 Å². The minimum absolute atomic E-state index is 0.0267. The fraction of sp³-hybridized carbons (Fsp3) is 0.571. The molecule has 2 heterocycles. The van der Waals surface area contributed by atoms with Crippen LogP contribution in [0.25, 0.3) is 0 Å². The molecule has 1 saturated heterocycles. The van der Waals surface area contributed by atoms with Crippen molar-refractivity contribution in [3.05, 3.63) is 20.8 Å². The Kier molecular flexibility index (Phi) is 5.21. The lowest BCUT2D eigenvalue weighted by Gasteiger charge is -2.38. The highest BCUT2D eigenvalue weighted by atomic mass is 79.9. The van der Waals surface area contributed by atoms with Crippen LogP contribution in [0.1, 0.15) is 38.0 Å². The number of carbonyl (C=O) groups is 2. The van der Waals surface area contributed by atoms with Gasteiger partial charge < -0.3 is 10.2 Å². The number of hydrogen-bond acceptors (Lipinski definition) is 3. The van der Waals surface area contributed by atoms with Crippen molar-refractivity contribution in [1.29, 1.82) is 0 Å². The van der Waals surface area contributed by atoms with Gasteiger partial charge in [0, 0.05) is 14.7 Å². The molecule has 0 saturated carbocycles. The summed E-state index contributed by atoms with van der Waals surface area (Å²) in [6, 6.07) is 1.29. The maximum atomic E-state index is 12.5. The summed E-state index contributed by atoms with van der Waals surface area (Å²) in [7, 11) is 0. The van der Waals surface area contributed by atoms with Crippen molar-refractivity contribution in [1.82, 2.24) is 10.2 Å². The molecule has 1 N–H and O–H groups in total. The van der Waals surface area contributed by atoms with E-state index in [0.717, 1.165) is 15.8 Å². The Morgan fingerprint density at radius 1 is 1.40 bits per heavy atom. The maximum absolute atomic E-state index is 12.5. The summed E-state index contributed by atoms with van der Waals surface area (Å²) in [5.74, 6) is 0.0176. The number of carbonyl (C=O) groups excluding carboxylic acids is 2. The second kappa shape index (κ2) is 6.72. The Bertz CT molecular complexity index is 503. The van der Waals surface area contributed by atoms with Gasteiger partial charge in [-0.05, 0) is 34.8 Å². The summed E-state index contributed by atoms with van der Waals surface area (Å²) in [4.78, 5) is 27.5. The molecule has 2 rings (SSSR count). The largest absolute Gasteiger partial charge is 0.343 e. The molecule has 110 valence electrons. The van der Waals surface area contributed by atoms with Gasteiger partial charge in [-0.3, -0.25) is 9.59 Å². The number of thiophene rings is 1. The van der Waals surface area contributed by atoms with Crippen LogP contribution in [0.5, 0.6) is 0 Å². The first-order valence-electron chi connectivity index (χ1n) is 6.90. The van der Waals surface area contributed by atoms with E-state index < -0.39 is 0 Å². The number of amides is 2. The quantitative estimate of drug-likeness (QED) is 0.879. The van der Waals surface area contributed by atoms with E-state index in [9.17, 15) is 9.59 Å². The first-order chi connectivity index (χ1) is 9.56. The summed E-state index contributed by atoms with van der Waals surface area (Å²) in [5.41, 5.74) is 0. The van der Waals surface area contributed by atoms with E-state index in [4.69, 9.17) is 0 Å². The molecule has 1 aromatic rings. The van der Waals surface area contributed by atoms with Gasteiger partial charge in [-0.1, -0.05) is 20.3 Å². The van der Waals surface area contributed by atoms with Crippen LogP contribution in [0.3, 0.4) is 0 Å². The summed E-state index contributed by atoms with van der Waals surface area (Å²) in [5, 5.41) is 4.85. The number of rotatable bonds is 5. The average Bonchev–Trinajstić information content (AvgIpc) is 2.81. The monoisotopic (exact) mass is 358 g/mol. The molecule has 4 nitrogen and oxygen atoms in total. The predicted octanol–water partition coefficient (Wildman–Crippen LogP) is 2.92. The predicted molar refractivity (Wildman–Crippen MR) is 83.5 cm³/mol. The van der Waals surface area contributed by atoms with Crippen molar-refractivity contribution in [3.63, 3.8) is 0 Å². The zero-order valence-electron chi connectivity index (χ0n) is 11.7. The van der Waals surface area contributed by atoms with E-state index in [1.807, 2.05) is 25.3 Å². The van der Waals surface area contributed by atoms with Crippen LogP contribution in [-0.2, 0) is 16.1 Å². The van der Waals surface area contributed by atoms with Gasteiger partial charge in [0.1, 0.15) is 12.1 Å². The summed E-state index contributed by atoms with van der Waals surface area (Å²) < 4.78 is 1.02. The van der Waals surface area contributed by atoms with Crippen LogP contribution in [0.2, 0.25) is 0 Å². The molecule has 0 bridgehead atoms. The Balaban J connectivity index is 2.19. The number of nitrogens with zero attached hydrogens (tertiary/aromatic N) is 1. The molecule has 0 radical (unpaired) electrons. The van der Waals surface area contributed by atoms with E-state index in [2.05, 4.69) is 21.2 Å². The van der Waals surface area contributed by atoms with Gasteiger partial charge in [0.25, 0.3) is 0 Å². The molecule has 0 aliphatic carbocycles. The standard InChI is InChI=1S/C14H19BrN2O2S/c1-3-5-11-14(19)17(12(4-2)13(18)16-11)7-10-6-9(15)8-20-10/h6,8,11-12H,3-5,7H2,1-2H3,(H,16,18). The number of halogens is 1. The van der Waals surface area contributed by atoms with Crippen molar-refractivity contribution in [2.24, 2.45) is 0 Å². The zero-order chi connectivity index (χ0) is 14.7. The second-order valence-corrected chi connectivity index (χ2v) is 6.88. The molecule has 0 spiro atoms. The minimum Gasteiger partial charge on any atom is -0.343 e. The average molecular weight is 359 g/mol. The lowest BCUT2D eigenvalue weighted by molar-refractivity contribution is -0.150. The lowest BCUT2D eigenvalue weighted by atomic mass is 10.0. The third-order valence-corrected chi connectivity index (χ3v) is 5.17. The van der Waals surface area contributed by atoms with Crippen molar-refractivity contribution in [3.8, 4) is 0 Å². The van der Waals surface area contributed by atoms with Crippen LogP contribution >= 0.6 is 27.3 Å². The second-order valence-electron chi connectivity index (χ2n) is 4.97. The molecule has 6 heteroatoms. The Hall–Kier alpha value is -0.880. The van der Waals surface area contributed by atoms with Gasteiger partial charge in [0.2, 0.25) is 11.8 Å². The highest BCUT2D eigenvalue weighted by molar-refractivity contribution is 9.10. The van der Waals surface area contributed by atoms with Crippen molar-refractivity contribution in [2.45, 2.75) is 51.7 Å². The number of nitrogens with one attached hydrogen (secondary N) is 1. The molecule has 1 aromatic heterocycles. The molecule has 2 amide bonds. The maximum Gasteiger partial charge on any atom is 0.246 e. The molecule has 0 aromatic carbocycles. The van der Waals surface area contributed by atoms with E-state index in [-0.39, 0.29) is 23.9 Å². The van der Waals surface area contributed by atoms with Gasteiger partial charge in [0.15, 0.2) is 0 Å². The zero-order valence-corrected chi connectivity index (χ0v) is 14.1. The number of piperazine rings is 1. The van der Waals surface area contributed by atoms with Crippen LogP contribution in [-0.4, -0.2) is 28.8 Å². The normalized spacial score (nSPS) is 23.1. The van der Waals surface area contributed by atoms with E-state index in [1.54, 1.807) is 16.2 Å². The van der Waals surface area contributed by atoms with Gasteiger partial charge in [0.05, 0.1) is 6.54 Å². The van der Waals surface area contributed by atoms with E-state index in [1.165, 1.54) is 0 Å². The molecule has 1 aliphatic rings. The Morgan fingerprint density at radius 3 is 2.70 bits per heavy atom. The van der Waals surface area contributed by atoms with Crippen LogP contribution in [0.4, 0.5) is 0 Å². The molecule has 2 unspecified atom stereocenters. The Labute approximate surface area is 131 Å². The molecule has 1 aliphatic heterocycles. The van der Waals surface area contributed by atoms with E-state index in [0.29, 0.717) is 19.4 Å². The molecular formula is C14H19BrN2O2S. The summed E-state index contributed by atoms with van der Waals surface area (Å²) in [6.45, 7) is 4.47. The molecule has 2 atom stereocenters. The van der Waals surface area contributed by atoms with Crippen LogP contribution in [0.15, 0.2) is 15.9 Å². The molecule has 1 fully saturated rings. The van der Waals surface area contributed by atoms with Crippen molar-refractivity contribution in [2.75, 3.05) is 0 Å². The topological polar surface area (TPSA) is 49.4 Å². The Morgan fingerprint density at radius 2 is 2.15 bits per heavy atom. The minimum atomic E-state index is -0.362. The van der Waals surface area contributed by atoms with Gasteiger partial charge in [-0.15, -0.1) is 11.3 Å².